The molecule has 2 aliphatic heterocycles. The Morgan fingerprint density at radius 2 is 2.24 bits per heavy atom. The van der Waals surface area contributed by atoms with Gasteiger partial charge in [-0.15, -0.1) is 0 Å². The van der Waals surface area contributed by atoms with Gasteiger partial charge in [0.15, 0.2) is 0 Å². The minimum absolute atomic E-state index is 0.107. The lowest BCUT2D eigenvalue weighted by Gasteiger charge is -2.21. The van der Waals surface area contributed by atoms with Crippen molar-refractivity contribution in [1.82, 2.24) is 10.2 Å². The van der Waals surface area contributed by atoms with Gasteiger partial charge in [0.25, 0.3) is 0 Å². The molecule has 0 spiro atoms. The summed E-state index contributed by atoms with van der Waals surface area (Å²) in [4.78, 5) is 14.2. The van der Waals surface area contributed by atoms with E-state index >= 15 is 0 Å². The van der Waals surface area contributed by atoms with Crippen LogP contribution in [0.25, 0.3) is 0 Å². The fourth-order valence-corrected chi connectivity index (χ4v) is 4.55. The monoisotopic (exact) mass is 448 g/mol. The molecule has 1 N–H and O–H groups in total. The molecule has 0 saturated carbocycles. The summed E-state index contributed by atoms with van der Waals surface area (Å²) in [5.74, 6) is 0.613. The van der Waals surface area contributed by atoms with Crippen LogP contribution < -0.4 is 5.32 Å². The molecule has 2 aliphatic rings. The quantitative estimate of drug-likeness (QED) is 0.719. The first-order valence-electron chi connectivity index (χ1n) is 8.71. The largest absolute Gasteiger partial charge is 0.327 e. The number of amides is 1. The first-order chi connectivity index (χ1) is 12.1. The molecule has 3 atom stereocenters. The number of halogens is 1. The summed E-state index contributed by atoms with van der Waals surface area (Å²) in [6.45, 7) is 1.63. The van der Waals surface area contributed by atoms with Crippen LogP contribution in [-0.4, -0.2) is 36.0 Å². The van der Waals surface area contributed by atoms with Crippen molar-refractivity contribution in [2.24, 2.45) is 5.92 Å². The summed E-state index contributed by atoms with van der Waals surface area (Å²) in [7, 11) is 0. The Bertz CT molecular complexity index is 736. The lowest BCUT2D eigenvalue weighted by Crippen LogP contribution is -2.38. The van der Waals surface area contributed by atoms with Gasteiger partial charge in [-0.1, -0.05) is 6.07 Å². The Hall–Kier alpha value is -1.64. The van der Waals surface area contributed by atoms with Crippen molar-refractivity contribution in [3.8, 4) is 12.1 Å². The van der Waals surface area contributed by atoms with Crippen LogP contribution in [0, 0.1) is 32.2 Å². The Labute approximate surface area is 162 Å². The van der Waals surface area contributed by atoms with Gasteiger partial charge >= 0.3 is 0 Å². The van der Waals surface area contributed by atoms with Crippen LogP contribution in [0.15, 0.2) is 18.2 Å². The zero-order valence-electron chi connectivity index (χ0n) is 14.0. The Balaban J connectivity index is 1.52. The smallest absolute Gasteiger partial charge is 0.225 e. The number of carbonyl (C=O) groups excluding carboxylic acids is 1. The van der Waals surface area contributed by atoms with Crippen LogP contribution in [0.4, 0.5) is 0 Å². The Kier molecular flexibility index (Phi) is 5.93. The maximum absolute atomic E-state index is 12.5. The number of hydrogen-bond donors (Lipinski definition) is 1. The summed E-state index contributed by atoms with van der Waals surface area (Å²) < 4.78 is 0.992. The van der Waals surface area contributed by atoms with E-state index in [2.05, 4.69) is 46.1 Å². The maximum Gasteiger partial charge on any atom is 0.225 e. The van der Waals surface area contributed by atoms with Gasteiger partial charge in [0.1, 0.15) is 12.1 Å². The van der Waals surface area contributed by atoms with Gasteiger partial charge in [-0.2, -0.15) is 10.5 Å². The molecular weight excluding hydrogens is 427 g/mol. The molecule has 1 aromatic rings. The average molecular weight is 448 g/mol. The van der Waals surface area contributed by atoms with Gasteiger partial charge in [-0.05, 0) is 78.4 Å². The van der Waals surface area contributed by atoms with E-state index in [9.17, 15) is 4.79 Å². The molecule has 130 valence electrons. The Morgan fingerprint density at radius 1 is 1.40 bits per heavy atom. The van der Waals surface area contributed by atoms with E-state index in [1.807, 2.05) is 12.1 Å². The molecule has 3 rings (SSSR count). The highest BCUT2D eigenvalue weighted by atomic mass is 127. The van der Waals surface area contributed by atoms with Crippen molar-refractivity contribution in [2.45, 2.75) is 44.2 Å². The molecule has 25 heavy (non-hydrogen) atoms. The van der Waals surface area contributed by atoms with Crippen molar-refractivity contribution in [3.05, 3.63) is 32.9 Å². The van der Waals surface area contributed by atoms with Crippen LogP contribution >= 0.6 is 22.6 Å². The highest BCUT2D eigenvalue weighted by Crippen LogP contribution is 2.25. The summed E-state index contributed by atoms with van der Waals surface area (Å²) in [6, 6.07) is 10.4. The van der Waals surface area contributed by atoms with Crippen molar-refractivity contribution in [3.63, 3.8) is 0 Å². The fourth-order valence-electron chi connectivity index (χ4n) is 3.85. The molecule has 0 unspecified atom stereocenters. The minimum Gasteiger partial charge on any atom is -0.327 e. The molecule has 1 amide bonds. The second-order valence-electron chi connectivity index (χ2n) is 6.92. The molecule has 2 saturated heterocycles. The van der Waals surface area contributed by atoms with Gasteiger partial charge in [-0.25, -0.2) is 0 Å². The summed E-state index contributed by atoms with van der Waals surface area (Å²) in [6.07, 6.45) is 4.17. The average Bonchev–Trinajstić information content (AvgIpc) is 3.24. The number of hydrogen-bond acceptors (Lipinski definition) is 4. The molecule has 0 aliphatic carbocycles. The number of rotatable bonds is 4. The van der Waals surface area contributed by atoms with E-state index in [1.54, 1.807) is 4.90 Å². The first-order valence-corrected chi connectivity index (χ1v) is 9.79. The molecule has 0 radical (unpaired) electrons. The van der Waals surface area contributed by atoms with E-state index in [1.165, 1.54) is 5.56 Å². The zero-order valence-corrected chi connectivity index (χ0v) is 16.2. The predicted octanol–water partition coefficient (Wildman–Crippen LogP) is 2.59. The standard InChI is InChI=1S/C19H21IN4O/c20-18-8-13(3-4-15(18)10-21)6-14-7-16(23-12-14)9-19(25)24-5-1-2-17(24)11-22/h3-4,8,14,16-17,23H,1-2,5-7,9,12H2/t14-,16-,17+/m1/s1. The van der Waals surface area contributed by atoms with Crippen molar-refractivity contribution >= 4 is 28.5 Å². The predicted molar refractivity (Wildman–Crippen MR) is 102 cm³/mol. The number of benzene rings is 1. The van der Waals surface area contributed by atoms with Crippen LogP contribution in [-0.2, 0) is 11.2 Å². The fraction of sp³-hybridized carbons (Fsp3) is 0.526. The Morgan fingerprint density at radius 3 is 2.96 bits per heavy atom. The summed E-state index contributed by atoms with van der Waals surface area (Å²) in [5, 5.41) is 21.6. The van der Waals surface area contributed by atoms with Gasteiger partial charge < -0.3 is 10.2 Å². The number of nitrogens with one attached hydrogen (secondary N) is 1. The highest BCUT2D eigenvalue weighted by Gasteiger charge is 2.32. The van der Waals surface area contributed by atoms with Gasteiger partial charge in [0, 0.05) is 22.6 Å². The normalized spacial score (nSPS) is 25.6. The lowest BCUT2D eigenvalue weighted by atomic mass is 9.95. The van der Waals surface area contributed by atoms with Crippen LogP contribution in [0.1, 0.15) is 36.8 Å². The van der Waals surface area contributed by atoms with E-state index in [4.69, 9.17) is 10.5 Å². The highest BCUT2D eigenvalue weighted by molar-refractivity contribution is 14.1. The topological polar surface area (TPSA) is 79.9 Å². The second kappa shape index (κ2) is 8.16. The van der Waals surface area contributed by atoms with Crippen LogP contribution in [0.3, 0.4) is 0 Å². The first kappa shape index (κ1) is 18.2. The number of nitriles is 2. The molecule has 6 heteroatoms. The third kappa shape index (κ3) is 4.31. The lowest BCUT2D eigenvalue weighted by molar-refractivity contribution is -0.131. The molecular formula is C19H21IN4O. The third-order valence-electron chi connectivity index (χ3n) is 5.13. The number of carbonyl (C=O) groups is 1. The van der Waals surface area contributed by atoms with Gasteiger partial charge in [0.05, 0.1) is 11.6 Å². The molecule has 0 aromatic heterocycles. The number of likely N-dealkylation sites (tertiary alicyclic amines) is 1. The van der Waals surface area contributed by atoms with E-state index in [-0.39, 0.29) is 18.0 Å². The zero-order chi connectivity index (χ0) is 17.8. The number of nitrogens with zero attached hydrogens (tertiary/aromatic N) is 3. The van der Waals surface area contributed by atoms with Crippen LogP contribution in [0.2, 0.25) is 0 Å². The molecule has 2 heterocycles. The third-order valence-corrected chi connectivity index (χ3v) is 6.03. The molecule has 0 bridgehead atoms. The van der Waals surface area contributed by atoms with Gasteiger partial charge in [0.2, 0.25) is 5.91 Å². The molecule has 1 aromatic carbocycles. The van der Waals surface area contributed by atoms with E-state index in [0.29, 0.717) is 12.3 Å². The SMILES string of the molecule is N#Cc1ccc(C[C@H]2CN[C@@H](CC(=O)N3CCC[C@H]3C#N)C2)cc1I. The molecule has 5 nitrogen and oxygen atoms in total. The second-order valence-corrected chi connectivity index (χ2v) is 8.08. The van der Waals surface area contributed by atoms with Crippen molar-refractivity contribution in [2.75, 3.05) is 13.1 Å². The summed E-state index contributed by atoms with van der Waals surface area (Å²) in [5.41, 5.74) is 1.96. The van der Waals surface area contributed by atoms with Crippen molar-refractivity contribution in [1.29, 1.82) is 10.5 Å². The van der Waals surface area contributed by atoms with E-state index in [0.717, 1.165) is 47.9 Å². The van der Waals surface area contributed by atoms with Gasteiger partial charge in [-0.3, -0.25) is 4.79 Å². The van der Waals surface area contributed by atoms with Crippen molar-refractivity contribution < 1.29 is 4.79 Å². The van der Waals surface area contributed by atoms with Crippen LogP contribution in [0.5, 0.6) is 0 Å². The molecule has 2 fully saturated rings. The minimum atomic E-state index is -0.231. The van der Waals surface area contributed by atoms with E-state index < -0.39 is 0 Å². The maximum atomic E-state index is 12.5. The summed E-state index contributed by atoms with van der Waals surface area (Å²) >= 11 is 2.20.